The van der Waals surface area contributed by atoms with Gasteiger partial charge in [-0.05, 0) is 43.0 Å². The molecule has 0 aromatic heterocycles. The first-order valence-corrected chi connectivity index (χ1v) is 10.5. The molecule has 1 fully saturated rings. The van der Waals surface area contributed by atoms with Crippen molar-refractivity contribution in [2.24, 2.45) is 0 Å². The number of benzene rings is 2. The summed E-state index contributed by atoms with van der Waals surface area (Å²) in [7, 11) is 0. The minimum atomic E-state index is -1.39. The second-order valence-electron chi connectivity index (χ2n) is 7.85. The van der Waals surface area contributed by atoms with Gasteiger partial charge in [0, 0.05) is 31.4 Å². The molecular weight excluding hydrogens is 380 g/mol. The molecule has 2 aliphatic rings. The van der Waals surface area contributed by atoms with E-state index in [2.05, 4.69) is 29.2 Å². The molecule has 30 heavy (non-hydrogen) atoms. The first kappa shape index (κ1) is 20.6. The predicted molar refractivity (Wildman–Crippen MR) is 115 cm³/mol. The van der Waals surface area contributed by atoms with Gasteiger partial charge in [-0.2, -0.15) is 0 Å². The van der Waals surface area contributed by atoms with Crippen molar-refractivity contribution in [3.8, 4) is 0 Å². The summed E-state index contributed by atoms with van der Waals surface area (Å²) in [6.07, 6.45) is 1.45. The van der Waals surface area contributed by atoms with Gasteiger partial charge in [-0.3, -0.25) is 4.79 Å². The van der Waals surface area contributed by atoms with Crippen molar-refractivity contribution in [1.82, 2.24) is 4.90 Å². The topological polar surface area (TPSA) is 73.2 Å². The standard InChI is InChI=1S/C24H28N2O4/c27-21-17-22(30-24(21)29)23(28)26(19-9-5-2-6-10-19)20-12-15-25(16-13-20)14-11-18-7-3-1-4-8-18/h1-10,17,20-21,24,27,29H,11-16H2. The molecule has 0 bridgehead atoms. The average molecular weight is 408 g/mol. The van der Waals surface area contributed by atoms with Crippen LogP contribution in [0.25, 0.3) is 0 Å². The largest absolute Gasteiger partial charge is 0.456 e. The molecule has 4 rings (SSSR count). The molecule has 1 amide bonds. The summed E-state index contributed by atoms with van der Waals surface area (Å²) in [4.78, 5) is 17.4. The number of rotatable bonds is 6. The van der Waals surface area contributed by atoms with Crippen LogP contribution in [0.5, 0.6) is 0 Å². The maximum absolute atomic E-state index is 13.2. The second kappa shape index (κ2) is 9.43. The minimum absolute atomic E-state index is 0.00496. The summed E-state index contributed by atoms with van der Waals surface area (Å²) in [5.74, 6) is -0.315. The van der Waals surface area contributed by atoms with Crippen LogP contribution in [0, 0.1) is 0 Å². The summed E-state index contributed by atoms with van der Waals surface area (Å²) in [5.41, 5.74) is 2.13. The van der Waals surface area contributed by atoms with Crippen molar-refractivity contribution in [2.75, 3.05) is 24.5 Å². The average Bonchev–Trinajstić information content (AvgIpc) is 3.13. The van der Waals surface area contributed by atoms with Crippen molar-refractivity contribution in [1.29, 1.82) is 0 Å². The van der Waals surface area contributed by atoms with Crippen molar-refractivity contribution in [3.63, 3.8) is 0 Å². The number of anilines is 1. The number of amides is 1. The zero-order valence-corrected chi connectivity index (χ0v) is 16.9. The molecule has 0 aliphatic carbocycles. The highest BCUT2D eigenvalue weighted by Crippen LogP contribution is 2.28. The lowest BCUT2D eigenvalue weighted by atomic mass is 10.0. The molecule has 1 saturated heterocycles. The lowest BCUT2D eigenvalue weighted by Crippen LogP contribution is -2.48. The Bertz CT molecular complexity index is 863. The number of carbonyl (C=O) groups excluding carboxylic acids is 1. The fourth-order valence-electron chi connectivity index (χ4n) is 4.13. The maximum atomic E-state index is 13.2. The van der Waals surface area contributed by atoms with Crippen LogP contribution in [0.15, 0.2) is 72.5 Å². The summed E-state index contributed by atoms with van der Waals surface area (Å²) in [6.45, 7) is 2.83. The number of aliphatic hydroxyl groups excluding tert-OH is 2. The lowest BCUT2D eigenvalue weighted by molar-refractivity contribution is -0.130. The van der Waals surface area contributed by atoms with E-state index >= 15 is 0 Å². The minimum Gasteiger partial charge on any atom is -0.456 e. The molecule has 2 aromatic rings. The number of likely N-dealkylation sites (tertiary alicyclic amines) is 1. The van der Waals surface area contributed by atoms with Gasteiger partial charge in [-0.15, -0.1) is 0 Å². The van der Waals surface area contributed by atoms with Gasteiger partial charge >= 0.3 is 0 Å². The van der Waals surface area contributed by atoms with Gasteiger partial charge in [0.15, 0.2) is 5.76 Å². The first-order chi connectivity index (χ1) is 14.6. The van der Waals surface area contributed by atoms with E-state index in [0.717, 1.165) is 44.6 Å². The van der Waals surface area contributed by atoms with E-state index in [4.69, 9.17) is 4.74 Å². The van der Waals surface area contributed by atoms with Gasteiger partial charge < -0.3 is 24.7 Å². The van der Waals surface area contributed by atoms with Gasteiger partial charge in [-0.25, -0.2) is 0 Å². The summed E-state index contributed by atoms with van der Waals surface area (Å²) in [6, 6.07) is 20.0. The van der Waals surface area contributed by atoms with Crippen molar-refractivity contribution in [3.05, 3.63) is 78.1 Å². The van der Waals surface area contributed by atoms with E-state index in [-0.39, 0.29) is 17.7 Å². The number of ether oxygens (including phenoxy) is 1. The molecule has 0 radical (unpaired) electrons. The molecule has 0 saturated carbocycles. The Morgan fingerprint density at radius 1 is 1.00 bits per heavy atom. The lowest BCUT2D eigenvalue weighted by Gasteiger charge is -2.38. The molecule has 6 heteroatoms. The van der Waals surface area contributed by atoms with Crippen molar-refractivity contribution in [2.45, 2.75) is 37.7 Å². The van der Waals surface area contributed by atoms with Gasteiger partial charge in [0.25, 0.3) is 5.91 Å². The van der Waals surface area contributed by atoms with Crippen molar-refractivity contribution < 1.29 is 19.7 Å². The van der Waals surface area contributed by atoms with E-state index < -0.39 is 12.4 Å². The second-order valence-corrected chi connectivity index (χ2v) is 7.85. The number of para-hydroxylation sites is 1. The Balaban J connectivity index is 1.42. The van der Waals surface area contributed by atoms with Gasteiger partial charge in [-0.1, -0.05) is 48.5 Å². The first-order valence-electron chi connectivity index (χ1n) is 10.5. The molecule has 6 nitrogen and oxygen atoms in total. The molecule has 2 atom stereocenters. The van der Waals surface area contributed by atoms with Crippen LogP contribution in [-0.2, 0) is 16.0 Å². The van der Waals surface area contributed by atoms with Crippen LogP contribution in [0.4, 0.5) is 5.69 Å². The number of nitrogens with zero attached hydrogens (tertiary/aromatic N) is 2. The Kier molecular flexibility index (Phi) is 6.47. The Labute approximate surface area is 177 Å². The molecule has 158 valence electrons. The van der Waals surface area contributed by atoms with Gasteiger partial charge in [0.05, 0.1) is 0 Å². The van der Waals surface area contributed by atoms with E-state index in [0.29, 0.717) is 0 Å². The molecule has 0 spiro atoms. The van der Waals surface area contributed by atoms with E-state index in [1.54, 1.807) is 4.90 Å². The van der Waals surface area contributed by atoms with Gasteiger partial charge in [0.2, 0.25) is 6.29 Å². The number of aliphatic hydroxyl groups is 2. The quantitative estimate of drug-likeness (QED) is 0.768. The number of hydrogen-bond acceptors (Lipinski definition) is 5. The number of carbonyl (C=O) groups is 1. The van der Waals surface area contributed by atoms with Crippen LogP contribution in [0.2, 0.25) is 0 Å². The third kappa shape index (κ3) is 4.73. The number of hydrogen-bond donors (Lipinski definition) is 2. The van der Waals surface area contributed by atoms with E-state index in [9.17, 15) is 15.0 Å². The highest BCUT2D eigenvalue weighted by molar-refractivity contribution is 6.05. The van der Waals surface area contributed by atoms with Crippen LogP contribution in [0.1, 0.15) is 18.4 Å². The van der Waals surface area contributed by atoms with Crippen LogP contribution in [0.3, 0.4) is 0 Å². The smallest absolute Gasteiger partial charge is 0.293 e. The zero-order chi connectivity index (χ0) is 20.9. The summed E-state index contributed by atoms with van der Waals surface area (Å²) >= 11 is 0. The predicted octanol–water partition coefficient (Wildman–Crippen LogP) is 2.32. The molecule has 2 N–H and O–H groups in total. The summed E-state index contributed by atoms with van der Waals surface area (Å²) < 4.78 is 5.20. The molecular formula is C24H28N2O4. The third-order valence-electron chi connectivity index (χ3n) is 5.81. The molecule has 2 unspecified atom stereocenters. The van der Waals surface area contributed by atoms with Crippen molar-refractivity contribution >= 4 is 11.6 Å². The molecule has 2 heterocycles. The van der Waals surface area contributed by atoms with Gasteiger partial charge in [0.1, 0.15) is 6.10 Å². The Hall–Kier alpha value is -2.67. The van der Waals surface area contributed by atoms with E-state index in [1.807, 2.05) is 36.4 Å². The fourth-order valence-corrected chi connectivity index (χ4v) is 4.13. The normalized spacial score (nSPS) is 22.4. The number of piperidine rings is 1. The Morgan fingerprint density at radius 2 is 1.63 bits per heavy atom. The Morgan fingerprint density at radius 3 is 2.23 bits per heavy atom. The maximum Gasteiger partial charge on any atom is 0.293 e. The third-order valence-corrected chi connectivity index (χ3v) is 5.81. The monoisotopic (exact) mass is 408 g/mol. The van der Waals surface area contributed by atoms with Crippen LogP contribution < -0.4 is 4.90 Å². The SMILES string of the molecule is O=C(C1=CC(O)C(O)O1)N(c1ccccc1)C1CCN(CCc2ccccc2)CC1. The highest BCUT2D eigenvalue weighted by Gasteiger charge is 2.36. The highest BCUT2D eigenvalue weighted by atomic mass is 16.6. The summed E-state index contributed by atoms with van der Waals surface area (Å²) in [5, 5.41) is 19.4. The zero-order valence-electron chi connectivity index (χ0n) is 16.9. The van der Waals surface area contributed by atoms with Crippen LogP contribution >= 0.6 is 0 Å². The van der Waals surface area contributed by atoms with E-state index in [1.165, 1.54) is 11.6 Å². The molecule has 2 aliphatic heterocycles. The van der Waals surface area contributed by atoms with Crippen LogP contribution in [-0.4, -0.2) is 59.1 Å². The molecule has 2 aromatic carbocycles. The fraction of sp³-hybridized carbons (Fsp3) is 0.375.